The normalized spacial score (nSPS) is 16.3. The number of carbonyl (C=O) groups excluding carboxylic acids is 3. The van der Waals surface area contributed by atoms with E-state index in [0.717, 1.165) is 17.7 Å². The Morgan fingerprint density at radius 3 is 2.29 bits per heavy atom. The van der Waals surface area contributed by atoms with Crippen LogP contribution in [-0.2, 0) is 14.3 Å². The molecule has 0 bridgehead atoms. The largest absolute Gasteiger partial charge is 0.450 e. The molecule has 2 N–H and O–H groups in total. The van der Waals surface area contributed by atoms with Gasteiger partial charge in [-0.05, 0) is 33.6 Å². The Balaban J connectivity index is 2.51. The summed E-state index contributed by atoms with van der Waals surface area (Å²) in [7, 11) is 0. The minimum atomic E-state index is -0.735. The van der Waals surface area contributed by atoms with E-state index in [2.05, 4.69) is 10.1 Å². The lowest BCUT2D eigenvalue weighted by Gasteiger charge is -2.34. The summed E-state index contributed by atoms with van der Waals surface area (Å²) in [5.41, 5.74) is 0. The van der Waals surface area contributed by atoms with Gasteiger partial charge in [0.25, 0.3) is 11.8 Å². The van der Waals surface area contributed by atoms with Crippen LogP contribution in [0.4, 0.5) is 4.79 Å². The van der Waals surface area contributed by atoms with E-state index in [9.17, 15) is 14.4 Å². The third kappa shape index (κ3) is 6.86. The Morgan fingerprint density at radius 1 is 1.08 bits per heavy atom. The highest BCUT2D eigenvalue weighted by molar-refractivity contribution is 5.92. The Hall–Kier alpha value is -1.63. The fourth-order valence-electron chi connectivity index (χ4n) is 3.21. The summed E-state index contributed by atoms with van der Waals surface area (Å²) in [6.45, 7) is 7.54. The van der Waals surface area contributed by atoms with Gasteiger partial charge in [0.15, 0.2) is 13.1 Å². The molecule has 24 heavy (non-hydrogen) atoms. The fourth-order valence-corrected chi connectivity index (χ4v) is 3.21. The standard InChI is InChI=1S/C17H31N3O4/c1-4-19(12-15(21)18-17(23)24-6-3)13-16(22)20(5-2)14-10-8-7-9-11-14/h14H,4-13H2,1-3H3,(H,18,21,23)/p+1. The highest BCUT2D eigenvalue weighted by Gasteiger charge is 2.27. The smallest absolute Gasteiger partial charge is 0.414 e. The SMILES string of the molecule is CCOC(=O)NC(=O)C[NH+](CC)CC(=O)N(CC)C1CCCCC1. The lowest BCUT2D eigenvalue weighted by atomic mass is 9.94. The molecule has 7 nitrogen and oxygen atoms in total. The highest BCUT2D eigenvalue weighted by atomic mass is 16.5. The summed E-state index contributed by atoms with van der Waals surface area (Å²) in [4.78, 5) is 38.6. The van der Waals surface area contributed by atoms with Crippen LogP contribution in [0.5, 0.6) is 0 Å². The third-order valence-electron chi connectivity index (χ3n) is 4.51. The minimum absolute atomic E-state index is 0.0866. The molecule has 3 amide bonds. The molecule has 0 aliphatic heterocycles. The Labute approximate surface area is 144 Å². The van der Waals surface area contributed by atoms with E-state index < -0.39 is 12.0 Å². The van der Waals surface area contributed by atoms with Crippen LogP contribution in [-0.4, -0.2) is 61.6 Å². The Bertz CT molecular complexity index is 422. The van der Waals surface area contributed by atoms with E-state index in [1.54, 1.807) is 6.92 Å². The summed E-state index contributed by atoms with van der Waals surface area (Å²) in [6.07, 6.45) is 5.03. The van der Waals surface area contributed by atoms with Crippen molar-refractivity contribution in [2.24, 2.45) is 0 Å². The molecule has 0 aromatic rings. The summed E-state index contributed by atoms with van der Waals surface area (Å²) in [5, 5.41) is 2.18. The van der Waals surface area contributed by atoms with E-state index in [4.69, 9.17) is 0 Å². The van der Waals surface area contributed by atoms with Gasteiger partial charge in [-0.25, -0.2) is 4.79 Å². The molecule has 0 radical (unpaired) electrons. The second kappa shape index (κ2) is 11.0. The topological polar surface area (TPSA) is 80.1 Å². The molecule has 0 aromatic carbocycles. The number of hydrogen-bond donors (Lipinski definition) is 2. The number of hydrogen-bond acceptors (Lipinski definition) is 4. The minimum Gasteiger partial charge on any atom is -0.450 e. The number of nitrogens with one attached hydrogen (secondary N) is 2. The number of quaternary nitrogens is 1. The number of nitrogens with zero attached hydrogens (tertiary/aromatic N) is 1. The predicted octanol–water partition coefficient (Wildman–Crippen LogP) is 0.345. The lowest BCUT2D eigenvalue weighted by molar-refractivity contribution is -0.882. The molecular weight excluding hydrogens is 310 g/mol. The van der Waals surface area contributed by atoms with Gasteiger partial charge in [0, 0.05) is 12.6 Å². The van der Waals surface area contributed by atoms with Gasteiger partial charge >= 0.3 is 6.09 Å². The second-order valence-electron chi connectivity index (χ2n) is 6.20. The van der Waals surface area contributed by atoms with E-state index >= 15 is 0 Å². The van der Waals surface area contributed by atoms with Gasteiger partial charge in [-0.2, -0.15) is 0 Å². The first-order valence-corrected chi connectivity index (χ1v) is 9.11. The third-order valence-corrected chi connectivity index (χ3v) is 4.51. The predicted molar refractivity (Wildman–Crippen MR) is 90.7 cm³/mol. The molecule has 138 valence electrons. The van der Waals surface area contributed by atoms with Gasteiger partial charge in [0.2, 0.25) is 0 Å². The number of ether oxygens (including phenoxy) is 1. The zero-order chi connectivity index (χ0) is 17.9. The van der Waals surface area contributed by atoms with Crippen LogP contribution in [0, 0.1) is 0 Å². The first-order valence-electron chi connectivity index (χ1n) is 9.11. The van der Waals surface area contributed by atoms with Crippen LogP contribution in [0.15, 0.2) is 0 Å². The first kappa shape index (κ1) is 20.4. The number of alkyl carbamates (subject to hydrolysis) is 1. The maximum Gasteiger partial charge on any atom is 0.414 e. The Kier molecular flexibility index (Phi) is 9.37. The molecule has 1 atom stereocenters. The van der Waals surface area contributed by atoms with Crippen molar-refractivity contribution in [3.05, 3.63) is 0 Å². The average Bonchev–Trinajstić information content (AvgIpc) is 2.56. The van der Waals surface area contributed by atoms with Crippen LogP contribution in [0.2, 0.25) is 0 Å². The number of imide groups is 1. The molecule has 7 heteroatoms. The monoisotopic (exact) mass is 342 g/mol. The van der Waals surface area contributed by atoms with Crippen LogP contribution in [0.25, 0.3) is 0 Å². The molecule has 0 heterocycles. The molecule has 1 unspecified atom stereocenters. The van der Waals surface area contributed by atoms with Gasteiger partial charge in [0.1, 0.15) is 0 Å². The molecule has 1 saturated carbocycles. The fraction of sp³-hybridized carbons (Fsp3) is 0.824. The average molecular weight is 342 g/mol. The van der Waals surface area contributed by atoms with Gasteiger partial charge in [-0.15, -0.1) is 0 Å². The molecule has 0 saturated heterocycles. The summed E-state index contributed by atoms with van der Waals surface area (Å²) in [5.74, 6) is -0.330. The quantitative estimate of drug-likeness (QED) is 0.667. The molecule has 0 aromatic heterocycles. The van der Waals surface area contributed by atoms with Gasteiger partial charge in [0.05, 0.1) is 13.2 Å². The van der Waals surface area contributed by atoms with Crippen molar-refractivity contribution in [2.75, 3.05) is 32.8 Å². The molecule has 1 rings (SSSR count). The maximum atomic E-state index is 12.6. The van der Waals surface area contributed by atoms with E-state index in [-0.39, 0.29) is 25.6 Å². The summed E-state index contributed by atoms with van der Waals surface area (Å²) >= 11 is 0. The van der Waals surface area contributed by atoms with Crippen LogP contribution in [0.1, 0.15) is 52.9 Å². The molecule has 1 aliphatic rings. The first-order chi connectivity index (χ1) is 11.5. The highest BCUT2D eigenvalue weighted by Crippen LogP contribution is 2.22. The van der Waals surface area contributed by atoms with Crippen molar-refractivity contribution < 1.29 is 24.0 Å². The molecule has 1 aliphatic carbocycles. The summed E-state index contributed by atoms with van der Waals surface area (Å²) < 4.78 is 4.69. The number of rotatable bonds is 8. The number of likely N-dealkylation sites (N-methyl/N-ethyl adjacent to an activating group) is 2. The van der Waals surface area contributed by atoms with Crippen molar-refractivity contribution in [3.63, 3.8) is 0 Å². The maximum absolute atomic E-state index is 12.6. The van der Waals surface area contributed by atoms with Crippen LogP contribution >= 0.6 is 0 Å². The van der Waals surface area contributed by atoms with Crippen LogP contribution < -0.4 is 10.2 Å². The lowest BCUT2D eigenvalue weighted by Crippen LogP contribution is -3.14. The zero-order valence-electron chi connectivity index (χ0n) is 15.2. The van der Waals surface area contributed by atoms with E-state index in [0.29, 0.717) is 19.1 Å². The van der Waals surface area contributed by atoms with Crippen molar-refractivity contribution in [3.8, 4) is 0 Å². The molecular formula is C17H32N3O4+. The van der Waals surface area contributed by atoms with Gasteiger partial charge in [-0.1, -0.05) is 19.3 Å². The number of amides is 3. The molecule has 0 spiro atoms. The van der Waals surface area contributed by atoms with E-state index in [1.807, 2.05) is 18.7 Å². The van der Waals surface area contributed by atoms with Crippen molar-refractivity contribution in [2.45, 2.75) is 58.9 Å². The van der Waals surface area contributed by atoms with Gasteiger partial charge < -0.3 is 14.5 Å². The second-order valence-corrected chi connectivity index (χ2v) is 6.20. The van der Waals surface area contributed by atoms with Gasteiger partial charge in [-0.3, -0.25) is 14.9 Å². The van der Waals surface area contributed by atoms with Crippen molar-refractivity contribution >= 4 is 17.9 Å². The Morgan fingerprint density at radius 2 is 1.75 bits per heavy atom. The molecule has 1 fully saturated rings. The van der Waals surface area contributed by atoms with Crippen LogP contribution in [0.3, 0.4) is 0 Å². The summed E-state index contributed by atoms with van der Waals surface area (Å²) in [6, 6.07) is 0.336. The van der Waals surface area contributed by atoms with Crippen molar-refractivity contribution in [1.82, 2.24) is 10.2 Å². The zero-order valence-corrected chi connectivity index (χ0v) is 15.2. The number of carbonyl (C=O) groups is 3. The van der Waals surface area contributed by atoms with Crippen molar-refractivity contribution in [1.29, 1.82) is 0 Å². The van der Waals surface area contributed by atoms with E-state index in [1.165, 1.54) is 19.3 Å².